The molecule has 1 aliphatic rings. The zero-order valence-electron chi connectivity index (χ0n) is 16.2. The van der Waals surface area contributed by atoms with Gasteiger partial charge in [0.2, 0.25) is 5.95 Å². The predicted molar refractivity (Wildman–Crippen MR) is 111 cm³/mol. The van der Waals surface area contributed by atoms with Crippen LogP contribution in [0.1, 0.15) is 31.7 Å². The molecule has 29 heavy (non-hydrogen) atoms. The molecule has 4 heterocycles. The summed E-state index contributed by atoms with van der Waals surface area (Å²) in [6.45, 7) is 6.96. The van der Waals surface area contributed by atoms with Gasteiger partial charge in [0.1, 0.15) is 16.9 Å². The minimum Gasteiger partial charge on any atom is -0.467 e. The van der Waals surface area contributed by atoms with Crippen molar-refractivity contribution in [3.63, 3.8) is 0 Å². The lowest BCUT2D eigenvalue weighted by Crippen LogP contribution is -2.40. The van der Waals surface area contributed by atoms with Crippen LogP contribution in [0.5, 0.6) is 0 Å². The lowest BCUT2D eigenvalue weighted by molar-refractivity contribution is 0.350. The third-order valence-electron chi connectivity index (χ3n) is 4.87. The molecule has 2 atom stereocenters. The highest BCUT2D eigenvalue weighted by Gasteiger charge is 2.27. The lowest BCUT2D eigenvalue weighted by Gasteiger charge is -2.35. The first-order chi connectivity index (χ1) is 14.0. The number of pyridine rings is 1. The molecule has 3 aromatic rings. The quantitative estimate of drug-likeness (QED) is 0.592. The van der Waals surface area contributed by atoms with Crippen molar-refractivity contribution in [3.05, 3.63) is 47.0 Å². The highest BCUT2D eigenvalue weighted by molar-refractivity contribution is 7.99. The molecule has 1 fully saturated rings. The number of nitriles is 1. The van der Waals surface area contributed by atoms with Crippen LogP contribution >= 0.6 is 23.4 Å². The van der Waals surface area contributed by atoms with Gasteiger partial charge >= 0.3 is 0 Å². The van der Waals surface area contributed by atoms with Crippen molar-refractivity contribution in [1.29, 1.82) is 5.26 Å². The molecule has 0 radical (unpaired) electrons. The Kier molecular flexibility index (Phi) is 5.79. The second-order valence-corrected chi connectivity index (χ2v) is 8.89. The summed E-state index contributed by atoms with van der Waals surface area (Å²) in [4.78, 5) is 6.62. The Bertz CT molecular complexity index is 1020. The first-order valence-electron chi connectivity index (χ1n) is 9.48. The van der Waals surface area contributed by atoms with Crippen molar-refractivity contribution in [1.82, 2.24) is 19.7 Å². The number of furan rings is 1. The maximum Gasteiger partial charge on any atom is 0.228 e. The topological polar surface area (TPSA) is 83.8 Å². The molecule has 150 valence electrons. The Balaban J connectivity index is 1.68. The van der Waals surface area contributed by atoms with Gasteiger partial charge < -0.3 is 9.32 Å². The molecular formula is C20H21ClN6OS. The summed E-state index contributed by atoms with van der Waals surface area (Å²) in [5.74, 6) is 2.85. The van der Waals surface area contributed by atoms with Gasteiger partial charge in [0, 0.05) is 13.1 Å². The molecule has 0 saturated carbocycles. The Labute approximate surface area is 178 Å². The number of nitrogens with zero attached hydrogens (tertiary/aromatic N) is 6. The van der Waals surface area contributed by atoms with Crippen molar-refractivity contribution >= 4 is 29.3 Å². The van der Waals surface area contributed by atoms with Crippen molar-refractivity contribution in [2.45, 2.75) is 37.0 Å². The van der Waals surface area contributed by atoms with Gasteiger partial charge in [-0.2, -0.15) is 5.26 Å². The Morgan fingerprint density at radius 3 is 2.72 bits per heavy atom. The molecule has 7 nitrogen and oxygen atoms in total. The van der Waals surface area contributed by atoms with Crippen LogP contribution in [-0.4, -0.2) is 32.8 Å². The van der Waals surface area contributed by atoms with Crippen LogP contribution in [0, 0.1) is 23.2 Å². The average molecular weight is 429 g/mol. The highest BCUT2D eigenvalue weighted by Crippen LogP contribution is 2.32. The molecule has 0 N–H and O–H groups in total. The summed E-state index contributed by atoms with van der Waals surface area (Å²) in [7, 11) is 0. The third-order valence-corrected chi connectivity index (χ3v) is 6.09. The molecule has 1 aliphatic heterocycles. The van der Waals surface area contributed by atoms with E-state index in [0.717, 1.165) is 24.8 Å². The summed E-state index contributed by atoms with van der Waals surface area (Å²) in [6, 6.07) is 9.29. The highest BCUT2D eigenvalue weighted by atomic mass is 35.5. The van der Waals surface area contributed by atoms with Gasteiger partial charge in [-0.1, -0.05) is 25.4 Å². The molecule has 0 aliphatic carbocycles. The Morgan fingerprint density at radius 2 is 2.03 bits per heavy atom. The lowest BCUT2D eigenvalue weighted by atomic mass is 9.92. The van der Waals surface area contributed by atoms with Gasteiger partial charge in [0.15, 0.2) is 10.9 Å². The van der Waals surface area contributed by atoms with Crippen LogP contribution in [0.15, 0.2) is 45.1 Å². The molecule has 3 aromatic heterocycles. The Hall–Kier alpha value is -2.50. The minimum atomic E-state index is 0.202. The van der Waals surface area contributed by atoms with Gasteiger partial charge in [-0.25, -0.2) is 4.98 Å². The second-order valence-electron chi connectivity index (χ2n) is 7.49. The van der Waals surface area contributed by atoms with E-state index < -0.39 is 0 Å². The summed E-state index contributed by atoms with van der Waals surface area (Å²) < 4.78 is 7.62. The normalized spacial score (nSPS) is 19.3. The van der Waals surface area contributed by atoms with Crippen LogP contribution in [0.2, 0.25) is 5.02 Å². The minimum absolute atomic E-state index is 0.202. The maximum absolute atomic E-state index is 9.20. The number of hydrogen-bond donors (Lipinski definition) is 0. The molecule has 1 saturated heterocycles. The number of aromatic nitrogens is 4. The average Bonchev–Trinajstić information content (AvgIpc) is 3.33. The van der Waals surface area contributed by atoms with E-state index in [4.69, 9.17) is 16.0 Å². The van der Waals surface area contributed by atoms with Gasteiger partial charge in [-0.15, -0.1) is 10.2 Å². The fraction of sp³-hybridized carbons (Fsp3) is 0.400. The predicted octanol–water partition coefficient (Wildman–Crippen LogP) is 4.47. The first-order valence-corrected chi connectivity index (χ1v) is 10.7. The van der Waals surface area contributed by atoms with E-state index >= 15 is 0 Å². The standard InChI is InChI=1S/C20H21ClN6OS/c1-13-8-14(2)11-26(10-13)19-24-25-20(27(19)12-15-4-3-7-28-15)29-18-6-5-16(21)17(9-22)23-18/h3-7,13-14H,8,10-12H2,1-2H3. The van der Waals surface area contributed by atoms with E-state index in [1.165, 1.54) is 18.2 Å². The summed E-state index contributed by atoms with van der Waals surface area (Å²) in [5, 5.41) is 19.8. The molecule has 0 amide bonds. The molecule has 9 heteroatoms. The van der Waals surface area contributed by atoms with Gasteiger partial charge in [-0.3, -0.25) is 4.57 Å². The van der Waals surface area contributed by atoms with Crippen molar-refractivity contribution in [2.24, 2.45) is 11.8 Å². The van der Waals surface area contributed by atoms with Gasteiger partial charge in [0.25, 0.3) is 0 Å². The van der Waals surface area contributed by atoms with Gasteiger partial charge in [-0.05, 0) is 54.3 Å². The van der Waals surface area contributed by atoms with E-state index in [0.29, 0.717) is 33.6 Å². The summed E-state index contributed by atoms with van der Waals surface area (Å²) in [5.41, 5.74) is 0.202. The van der Waals surface area contributed by atoms with Gasteiger partial charge in [0.05, 0.1) is 17.8 Å². The number of rotatable bonds is 5. The van der Waals surface area contributed by atoms with Crippen molar-refractivity contribution in [2.75, 3.05) is 18.0 Å². The third kappa shape index (κ3) is 4.41. The van der Waals surface area contributed by atoms with E-state index in [2.05, 4.69) is 38.5 Å². The molecule has 0 aromatic carbocycles. The van der Waals surface area contributed by atoms with Crippen LogP contribution < -0.4 is 4.90 Å². The number of hydrogen-bond acceptors (Lipinski definition) is 7. The smallest absolute Gasteiger partial charge is 0.228 e. The Morgan fingerprint density at radius 1 is 1.24 bits per heavy atom. The molecule has 0 bridgehead atoms. The molecular weight excluding hydrogens is 408 g/mol. The van der Waals surface area contributed by atoms with Crippen molar-refractivity contribution < 1.29 is 4.42 Å². The zero-order chi connectivity index (χ0) is 20.4. The zero-order valence-corrected chi connectivity index (χ0v) is 17.8. The largest absolute Gasteiger partial charge is 0.467 e. The SMILES string of the molecule is CC1CC(C)CN(c2nnc(Sc3ccc(Cl)c(C#N)n3)n2Cc2ccco2)C1. The summed E-state index contributed by atoms with van der Waals surface area (Å²) in [6.07, 6.45) is 2.88. The van der Waals surface area contributed by atoms with Crippen LogP contribution in [0.4, 0.5) is 5.95 Å². The van der Waals surface area contributed by atoms with E-state index in [1.807, 2.05) is 18.2 Å². The van der Waals surface area contributed by atoms with Crippen LogP contribution in [0.3, 0.4) is 0 Å². The maximum atomic E-state index is 9.20. The van der Waals surface area contributed by atoms with E-state index in [1.54, 1.807) is 18.4 Å². The number of halogens is 1. The second kappa shape index (κ2) is 8.47. The first kappa shape index (κ1) is 19.8. The van der Waals surface area contributed by atoms with E-state index in [-0.39, 0.29) is 5.69 Å². The van der Waals surface area contributed by atoms with Crippen molar-refractivity contribution in [3.8, 4) is 6.07 Å². The van der Waals surface area contributed by atoms with Crippen LogP contribution in [0.25, 0.3) is 0 Å². The van der Waals surface area contributed by atoms with Crippen LogP contribution in [-0.2, 0) is 6.54 Å². The fourth-order valence-electron chi connectivity index (χ4n) is 3.77. The molecule has 4 rings (SSSR count). The number of anilines is 1. The monoisotopic (exact) mass is 428 g/mol. The number of piperidine rings is 1. The van der Waals surface area contributed by atoms with E-state index in [9.17, 15) is 5.26 Å². The summed E-state index contributed by atoms with van der Waals surface area (Å²) >= 11 is 7.37. The molecule has 0 spiro atoms. The molecule has 2 unspecified atom stereocenters. The fourth-order valence-corrected chi connectivity index (χ4v) is 4.71.